The molecule has 0 radical (unpaired) electrons. The first-order chi connectivity index (χ1) is 5.31. The van der Waals surface area contributed by atoms with Gasteiger partial charge in [0.2, 0.25) is 0 Å². The predicted molar refractivity (Wildman–Crippen MR) is 39.4 cm³/mol. The maximum absolute atomic E-state index is 10.5. The summed E-state index contributed by atoms with van der Waals surface area (Å²) >= 11 is 0. The first-order valence-corrected chi connectivity index (χ1v) is 3.54. The van der Waals surface area contributed by atoms with E-state index in [2.05, 4.69) is 4.84 Å². The molecule has 64 valence electrons. The van der Waals surface area contributed by atoms with Gasteiger partial charge in [0.1, 0.15) is 0 Å². The minimum atomic E-state index is -0.572. The lowest BCUT2D eigenvalue weighted by molar-refractivity contribution is -0.144. The van der Waals surface area contributed by atoms with Gasteiger partial charge in [0.25, 0.3) is 0 Å². The fourth-order valence-electron chi connectivity index (χ4n) is 0.678. The maximum Gasteiger partial charge on any atom is 0.338 e. The van der Waals surface area contributed by atoms with Gasteiger partial charge in [-0.25, -0.2) is 4.79 Å². The average Bonchev–Trinajstić information content (AvgIpc) is 1.99. The molecule has 0 aliphatic carbocycles. The average molecular weight is 160 g/mol. The fourth-order valence-corrected chi connectivity index (χ4v) is 0.678. The zero-order valence-corrected chi connectivity index (χ0v) is 6.28. The largest absolute Gasteiger partial charge is 0.338 e. The highest BCUT2D eigenvalue weighted by Gasteiger charge is 2.01. The van der Waals surface area contributed by atoms with Crippen LogP contribution in [0.2, 0.25) is 0 Å². The number of nitrogens with two attached hydrogens (primary N) is 1. The maximum atomic E-state index is 10.5. The van der Waals surface area contributed by atoms with Crippen molar-refractivity contribution in [1.82, 2.24) is 0 Å². The van der Waals surface area contributed by atoms with Gasteiger partial charge in [0, 0.05) is 6.42 Å². The molecule has 5 nitrogen and oxygen atoms in total. The van der Waals surface area contributed by atoms with Gasteiger partial charge in [-0.05, 0) is 19.4 Å². The molecule has 0 aliphatic rings. The topological polar surface area (TPSA) is 81.8 Å². The van der Waals surface area contributed by atoms with Crippen LogP contribution < -0.4 is 5.73 Å². The van der Waals surface area contributed by atoms with Crippen LogP contribution in [0.3, 0.4) is 0 Å². The molecule has 0 aliphatic heterocycles. The SMILES string of the molecule is NCCCCCC(=O)ON=O. The zero-order valence-electron chi connectivity index (χ0n) is 6.28. The van der Waals surface area contributed by atoms with E-state index in [1.54, 1.807) is 0 Å². The fraction of sp³-hybridized carbons (Fsp3) is 0.833. The second-order valence-corrected chi connectivity index (χ2v) is 2.14. The number of hydrogen-bond donors (Lipinski definition) is 1. The molecule has 0 aromatic rings. The minimum absolute atomic E-state index is 0.242. The molecule has 0 aromatic heterocycles. The van der Waals surface area contributed by atoms with Crippen molar-refractivity contribution in [3.8, 4) is 0 Å². The van der Waals surface area contributed by atoms with Gasteiger partial charge in [-0.2, -0.15) is 0 Å². The van der Waals surface area contributed by atoms with Crippen LogP contribution in [0.5, 0.6) is 0 Å². The van der Waals surface area contributed by atoms with Gasteiger partial charge in [-0.1, -0.05) is 6.42 Å². The lowest BCUT2D eigenvalue weighted by Gasteiger charge is -1.95. The molecule has 0 bridgehead atoms. The summed E-state index contributed by atoms with van der Waals surface area (Å²) in [5.41, 5.74) is 5.22. The first-order valence-electron chi connectivity index (χ1n) is 3.54. The second kappa shape index (κ2) is 7.14. The van der Waals surface area contributed by atoms with E-state index in [0.717, 1.165) is 12.8 Å². The van der Waals surface area contributed by atoms with Gasteiger partial charge in [0.05, 0.1) is 0 Å². The quantitative estimate of drug-likeness (QED) is 0.353. The monoisotopic (exact) mass is 160 g/mol. The van der Waals surface area contributed by atoms with E-state index >= 15 is 0 Å². The van der Waals surface area contributed by atoms with Crippen molar-refractivity contribution in [1.29, 1.82) is 0 Å². The van der Waals surface area contributed by atoms with Crippen LogP contribution in [-0.2, 0) is 9.63 Å². The van der Waals surface area contributed by atoms with Crippen molar-refractivity contribution >= 4 is 5.97 Å². The van der Waals surface area contributed by atoms with Gasteiger partial charge in [-0.3, -0.25) is 4.84 Å². The molecule has 0 fully saturated rings. The molecule has 0 aromatic carbocycles. The van der Waals surface area contributed by atoms with Gasteiger partial charge >= 0.3 is 5.97 Å². The molecule has 5 heteroatoms. The van der Waals surface area contributed by atoms with Crippen LogP contribution in [0.4, 0.5) is 0 Å². The smallest absolute Gasteiger partial charge is 0.330 e. The minimum Gasteiger partial charge on any atom is -0.330 e. The molecular weight excluding hydrogens is 148 g/mol. The van der Waals surface area contributed by atoms with Crippen molar-refractivity contribution in [2.75, 3.05) is 6.54 Å². The van der Waals surface area contributed by atoms with E-state index in [-0.39, 0.29) is 6.42 Å². The highest BCUT2D eigenvalue weighted by atomic mass is 16.7. The molecule has 0 saturated carbocycles. The molecule has 0 heterocycles. The summed E-state index contributed by atoms with van der Waals surface area (Å²) in [6.45, 7) is 0.626. The third kappa shape index (κ3) is 6.92. The van der Waals surface area contributed by atoms with Crippen molar-refractivity contribution in [2.24, 2.45) is 11.1 Å². The van der Waals surface area contributed by atoms with Crippen LogP contribution in [0.1, 0.15) is 25.7 Å². The van der Waals surface area contributed by atoms with Gasteiger partial charge in [0.15, 0.2) is 5.34 Å². The van der Waals surface area contributed by atoms with Crippen molar-refractivity contribution in [3.63, 3.8) is 0 Å². The van der Waals surface area contributed by atoms with Gasteiger partial charge < -0.3 is 5.73 Å². The Hall–Kier alpha value is -0.970. The first kappa shape index (κ1) is 10.0. The van der Waals surface area contributed by atoms with Crippen molar-refractivity contribution in [2.45, 2.75) is 25.7 Å². The third-order valence-corrected chi connectivity index (χ3v) is 1.22. The molecule has 11 heavy (non-hydrogen) atoms. The van der Waals surface area contributed by atoms with E-state index in [1.807, 2.05) is 5.34 Å². The number of rotatable bonds is 6. The second-order valence-electron chi connectivity index (χ2n) is 2.14. The number of nitrogens with zero attached hydrogens (tertiary/aromatic N) is 1. The summed E-state index contributed by atoms with van der Waals surface area (Å²) in [5.74, 6) is -0.572. The normalized spacial score (nSPS) is 9.18. The molecule has 0 rings (SSSR count). The summed E-state index contributed by atoms with van der Waals surface area (Å²) in [4.78, 5) is 23.7. The summed E-state index contributed by atoms with van der Waals surface area (Å²) in [5, 5.41) is 2.01. The van der Waals surface area contributed by atoms with Crippen molar-refractivity contribution in [3.05, 3.63) is 4.91 Å². The predicted octanol–water partition coefficient (Wildman–Crippen LogP) is 0.730. The highest BCUT2D eigenvalue weighted by molar-refractivity contribution is 5.68. The zero-order chi connectivity index (χ0) is 8.53. The Morgan fingerprint density at radius 2 is 2.09 bits per heavy atom. The van der Waals surface area contributed by atoms with E-state index in [4.69, 9.17) is 5.73 Å². The lowest BCUT2D eigenvalue weighted by Crippen LogP contribution is -2.01. The molecule has 0 spiro atoms. The van der Waals surface area contributed by atoms with E-state index in [1.165, 1.54) is 0 Å². The van der Waals surface area contributed by atoms with E-state index in [9.17, 15) is 9.70 Å². The van der Waals surface area contributed by atoms with Crippen LogP contribution in [0, 0.1) is 4.91 Å². The van der Waals surface area contributed by atoms with Gasteiger partial charge in [-0.15, -0.1) is 4.91 Å². The van der Waals surface area contributed by atoms with Crippen LogP contribution >= 0.6 is 0 Å². The summed E-state index contributed by atoms with van der Waals surface area (Å²) in [7, 11) is 0. The molecule has 0 atom stereocenters. The number of carbonyl (C=O) groups is 1. The Kier molecular flexibility index (Phi) is 6.51. The molecule has 2 N–H and O–H groups in total. The summed E-state index contributed by atoms with van der Waals surface area (Å²) in [6, 6.07) is 0. The Morgan fingerprint density at radius 1 is 1.36 bits per heavy atom. The standard InChI is InChI=1S/C6H12N2O3/c7-5-3-1-2-4-6(9)11-8-10/h1-5,7H2. The number of carbonyl (C=O) groups excluding carboxylic acids is 1. The number of unbranched alkanes of at least 4 members (excludes halogenated alkanes) is 2. The van der Waals surface area contributed by atoms with Crippen molar-refractivity contribution < 1.29 is 9.63 Å². The van der Waals surface area contributed by atoms with E-state index in [0.29, 0.717) is 13.0 Å². The Balaban J connectivity index is 3.10. The Labute approximate surface area is 64.8 Å². The molecular formula is C6H12N2O3. The molecule has 0 unspecified atom stereocenters. The van der Waals surface area contributed by atoms with E-state index < -0.39 is 5.97 Å². The molecule has 0 amide bonds. The van der Waals surface area contributed by atoms with Crippen LogP contribution in [0.25, 0.3) is 0 Å². The molecule has 0 saturated heterocycles. The number of hydrogen-bond acceptors (Lipinski definition) is 5. The Morgan fingerprint density at radius 3 is 2.64 bits per heavy atom. The van der Waals surface area contributed by atoms with Crippen LogP contribution in [-0.4, -0.2) is 12.5 Å². The Bertz CT molecular complexity index is 127. The third-order valence-electron chi connectivity index (χ3n) is 1.22. The summed E-state index contributed by atoms with van der Waals surface area (Å²) < 4.78 is 0. The van der Waals surface area contributed by atoms with Crippen LogP contribution in [0.15, 0.2) is 5.34 Å². The lowest BCUT2D eigenvalue weighted by atomic mass is 10.2. The summed E-state index contributed by atoms with van der Waals surface area (Å²) in [6.07, 6.45) is 2.71. The highest BCUT2D eigenvalue weighted by Crippen LogP contribution is 1.99.